The molecule has 0 bridgehead atoms. The van der Waals surface area contributed by atoms with Gasteiger partial charge in [-0.1, -0.05) is 90.1 Å². The van der Waals surface area contributed by atoms with Crippen molar-refractivity contribution in [1.82, 2.24) is 25.7 Å². The number of nitrogens with two attached hydrogens (primary N) is 1. The van der Waals surface area contributed by atoms with Gasteiger partial charge in [-0.2, -0.15) is 4.98 Å². The Bertz CT molecular complexity index is 2080. The second-order valence-electron chi connectivity index (χ2n) is 14.3. The first-order valence-corrected chi connectivity index (χ1v) is 17.6. The molecule has 52 heavy (non-hydrogen) atoms. The van der Waals surface area contributed by atoms with Crippen LogP contribution in [-0.4, -0.2) is 70.1 Å². The summed E-state index contributed by atoms with van der Waals surface area (Å²) in [4.78, 5) is 58.0. The number of nitrogens with one attached hydrogen (secondary N) is 2. The van der Waals surface area contributed by atoms with Crippen molar-refractivity contribution in [3.63, 3.8) is 0 Å². The molecule has 12 nitrogen and oxygen atoms in total. The third-order valence-electron chi connectivity index (χ3n) is 9.23. The SMILES string of the molecule is CC(C)(C)OC(=O)N1CCC(C(=O)NC(Cc2ccc3ccccc3c2)C(=O)NCC(Cc2ccc3ccccc3c2)c2nc(C(N)=O)no2)CC1. The standard InChI is InChI=1S/C40H44N6O6/c1-40(2,3)51-39(50)46-18-16-29(17-19-46)36(48)43-33(23-26-13-15-28-9-5-7-11-31(28)21-26)37(49)42-24-32(38-44-35(34(41)47)45-52-38)22-25-12-14-27-8-4-6-10-30(27)20-25/h4-15,20-21,29,32-33H,16-19,22-24H2,1-3H3,(H2,41,47)(H,42,49)(H,43,48). The topological polar surface area (TPSA) is 170 Å². The third kappa shape index (κ3) is 9.11. The Morgan fingerprint density at radius 1 is 0.865 bits per heavy atom. The number of hydrogen-bond donors (Lipinski definition) is 3. The lowest BCUT2D eigenvalue weighted by Gasteiger charge is -2.33. The quantitative estimate of drug-likeness (QED) is 0.167. The summed E-state index contributed by atoms with van der Waals surface area (Å²) in [6, 6.07) is 27.1. The Morgan fingerprint density at radius 3 is 2.00 bits per heavy atom. The van der Waals surface area contributed by atoms with Gasteiger partial charge >= 0.3 is 6.09 Å². The van der Waals surface area contributed by atoms with E-state index in [0.29, 0.717) is 32.4 Å². The van der Waals surface area contributed by atoms with Crippen LogP contribution in [-0.2, 0) is 27.2 Å². The van der Waals surface area contributed by atoms with E-state index in [4.69, 9.17) is 15.0 Å². The number of rotatable bonds is 11. The Kier molecular flexibility index (Phi) is 10.8. The lowest BCUT2D eigenvalue weighted by Crippen LogP contribution is -2.52. The zero-order chi connectivity index (χ0) is 36.8. The molecule has 12 heteroatoms. The molecule has 1 aliphatic heterocycles. The molecule has 270 valence electrons. The molecule has 1 aliphatic rings. The van der Waals surface area contributed by atoms with Crippen molar-refractivity contribution in [2.45, 2.75) is 64.0 Å². The van der Waals surface area contributed by atoms with Crippen LogP contribution in [0.25, 0.3) is 21.5 Å². The highest BCUT2D eigenvalue weighted by Crippen LogP contribution is 2.24. The van der Waals surface area contributed by atoms with Gasteiger partial charge in [-0.15, -0.1) is 0 Å². The van der Waals surface area contributed by atoms with Crippen LogP contribution in [0.4, 0.5) is 4.79 Å². The molecular formula is C40H44N6O6. The average Bonchev–Trinajstić information content (AvgIpc) is 3.63. The summed E-state index contributed by atoms with van der Waals surface area (Å²) < 4.78 is 11.0. The molecule has 4 N–H and O–H groups in total. The molecule has 5 aromatic rings. The molecule has 1 aromatic heterocycles. The van der Waals surface area contributed by atoms with E-state index in [0.717, 1.165) is 32.7 Å². The summed E-state index contributed by atoms with van der Waals surface area (Å²) in [5.41, 5.74) is 6.64. The van der Waals surface area contributed by atoms with Crippen molar-refractivity contribution in [1.29, 1.82) is 0 Å². The average molecular weight is 705 g/mol. The molecule has 2 unspecified atom stereocenters. The Hall–Kier alpha value is -5.78. The number of fused-ring (bicyclic) bond motifs is 2. The largest absolute Gasteiger partial charge is 0.444 e. The van der Waals surface area contributed by atoms with E-state index in [-0.39, 0.29) is 42.4 Å². The molecule has 0 spiro atoms. The first-order valence-electron chi connectivity index (χ1n) is 17.6. The molecule has 2 heterocycles. The number of hydrogen-bond acceptors (Lipinski definition) is 8. The zero-order valence-electron chi connectivity index (χ0n) is 29.6. The van der Waals surface area contributed by atoms with Gasteiger partial charge in [-0.05, 0) is 72.7 Å². The second kappa shape index (κ2) is 15.6. The van der Waals surface area contributed by atoms with Crippen molar-refractivity contribution in [2.24, 2.45) is 11.7 Å². The smallest absolute Gasteiger partial charge is 0.410 e. The van der Waals surface area contributed by atoms with Gasteiger partial charge in [0.2, 0.25) is 17.7 Å². The van der Waals surface area contributed by atoms with Crippen LogP contribution in [0.3, 0.4) is 0 Å². The first kappa shape index (κ1) is 36.0. The summed E-state index contributed by atoms with van der Waals surface area (Å²) in [6.45, 7) is 6.29. The minimum Gasteiger partial charge on any atom is -0.444 e. The van der Waals surface area contributed by atoms with Gasteiger partial charge in [0.05, 0.1) is 5.92 Å². The maximum absolute atomic E-state index is 14.0. The zero-order valence-corrected chi connectivity index (χ0v) is 29.6. The highest BCUT2D eigenvalue weighted by atomic mass is 16.6. The molecule has 0 radical (unpaired) electrons. The lowest BCUT2D eigenvalue weighted by molar-refractivity contribution is -0.132. The summed E-state index contributed by atoms with van der Waals surface area (Å²) >= 11 is 0. The molecule has 6 rings (SSSR count). The van der Waals surface area contributed by atoms with Gasteiger partial charge in [0, 0.05) is 32.0 Å². The van der Waals surface area contributed by atoms with Crippen LogP contribution in [0, 0.1) is 5.92 Å². The normalized spacial score (nSPS) is 14.9. The third-order valence-corrected chi connectivity index (χ3v) is 9.23. The van der Waals surface area contributed by atoms with E-state index in [2.05, 4.69) is 26.8 Å². The number of amides is 4. The number of ether oxygens (including phenoxy) is 1. The summed E-state index contributed by atoms with van der Waals surface area (Å²) in [7, 11) is 0. The Balaban J connectivity index is 1.19. The second-order valence-corrected chi connectivity index (χ2v) is 14.3. The van der Waals surface area contributed by atoms with Gasteiger partial charge < -0.3 is 30.5 Å². The monoisotopic (exact) mass is 704 g/mol. The molecule has 0 aliphatic carbocycles. The molecule has 2 atom stereocenters. The summed E-state index contributed by atoms with van der Waals surface area (Å²) in [6.07, 6.45) is 1.16. The molecule has 0 saturated carbocycles. The van der Waals surface area contributed by atoms with Crippen LogP contribution in [0.5, 0.6) is 0 Å². The summed E-state index contributed by atoms with van der Waals surface area (Å²) in [5, 5.41) is 14.0. The van der Waals surface area contributed by atoms with Gasteiger partial charge in [0.25, 0.3) is 11.7 Å². The van der Waals surface area contributed by atoms with Crippen molar-refractivity contribution in [3.05, 3.63) is 108 Å². The van der Waals surface area contributed by atoms with Crippen LogP contribution < -0.4 is 16.4 Å². The number of primary amides is 1. The number of nitrogens with zero attached hydrogens (tertiary/aromatic N) is 3. The van der Waals surface area contributed by atoms with E-state index >= 15 is 0 Å². The van der Waals surface area contributed by atoms with Crippen LogP contribution in [0.2, 0.25) is 0 Å². The predicted molar refractivity (Wildman–Crippen MR) is 196 cm³/mol. The van der Waals surface area contributed by atoms with E-state index in [9.17, 15) is 19.2 Å². The number of benzene rings is 4. The molecule has 4 aromatic carbocycles. The maximum atomic E-state index is 14.0. The molecule has 4 amide bonds. The van der Waals surface area contributed by atoms with Crippen molar-refractivity contribution >= 4 is 45.4 Å². The van der Waals surface area contributed by atoms with Crippen LogP contribution >= 0.6 is 0 Å². The van der Waals surface area contributed by atoms with Crippen LogP contribution in [0.15, 0.2) is 89.5 Å². The minimum absolute atomic E-state index is 0.0877. The van der Waals surface area contributed by atoms with Gasteiger partial charge in [0.1, 0.15) is 11.6 Å². The maximum Gasteiger partial charge on any atom is 0.410 e. The van der Waals surface area contributed by atoms with E-state index in [1.54, 1.807) is 4.90 Å². The van der Waals surface area contributed by atoms with E-state index in [1.807, 2.05) is 99.6 Å². The summed E-state index contributed by atoms with van der Waals surface area (Å²) in [5.74, 6) is -2.42. The van der Waals surface area contributed by atoms with E-state index in [1.165, 1.54) is 0 Å². The fraction of sp³-hybridized carbons (Fsp3) is 0.350. The van der Waals surface area contributed by atoms with Crippen molar-refractivity contribution in [3.8, 4) is 0 Å². The highest BCUT2D eigenvalue weighted by Gasteiger charge is 2.32. The van der Waals surface area contributed by atoms with Crippen LogP contribution in [0.1, 0.15) is 67.2 Å². The Labute approximate surface area is 302 Å². The lowest BCUT2D eigenvalue weighted by atomic mass is 9.94. The van der Waals surface area contributed by atoms with Gasteiger partial charge in [-0.25, -0.2) is 4.79 Å². The highest BCUT2D eigenvalue weighted by molar-refractivity contribution is 5.90. The number of aromatic nitrogens is 2. The van der Waals surface area contributed by atoms with Gasteiger partial charge in [0.15, 0.2) is 0 Å². The number of piperidine rings is 1. The molecular weight excluding hydrogens is 660 g/mol. The van der Waals surface area contributed by atoms with Crippen molar-refractivity contribution in [2.75, 3.05) is 19.6 Å². The number of carbonyl (C=O) groups is 4. The first-order chi connectivity index (χ1) is 24.9. The van der Waals surface area contributed by atoms with E-state index < -0.39 is 29.6 Å². The fourth-order valence-electron chi connectivity index (χ4n) is 6.50. The van der Waals surface area contributed by atoms with Gasteiger partial charge in [-0.3, -0.25) is 14.4 Å². The molecule has 1 fully saturated rings. The predicted octanol–water partition coefficient (Wildman–Crippen LogP) is 5.29. The fourth-order valence-corrected chi connectivity index (χ4v) is 6.50. The number of likely N-dealkylation sites (tertiary alicyclic amines) is 1. The minimum atomic E-state index is -0.900. The van der Waals surface area contributed by atoms with Crippen molar-refractivity contribution < 1.29 is 28.4 Å². The Morgan fingerprint density at radius 2 is 1.44 bits per heavy atom. The molecule has 1 saturated heterocycles. The number of carbonyl (C=O) groups excluding carboxylic acids is 4.